The topological polar surface area (TPSA) is 84.2 Å². The van der Waals surface area contributed by atoms with Crippen molar-refractivity contribution in [2.75, 3.05) is 26.2 Å². The highest BCUT2D eigenvalue weighted by atomic mass is 16.2. The van der Waals surface area contributed by atoms with E-state index in [1.165, 1.54) is 11.9 Å². The summed E-state index contributed by atoms with van der Waals surface area (Å²) in [6, 6.07) is 16.7. The van der Waals surface area contributed by atoms with Crippen molar-refractivity contribution in [3.63, 3.8) is 0 Å². The Morgan fingerprint density at radius 1 is 1.09 bits per heavy atom. The fourth-order valence-corrected chi connectivity index (χ4v) is 4.37. The molecule has 8 heteroatoms. The van der Waals surface area contributed by atoms with E-state index in [0.29, 0.717) is 45.6 Å². The fraction of sp³-hybridized carbons (Fsp3) is 0.400. The van der Waals surface area contributed by atoms with Gasteiger partial charge in [0.05, 0.1) is 12.5 Å². The van der Waals surface area contributed by atoms with Gasteiger partial charge in [0, 0.05) is 32.6 Å². The first-order valence-electron chi connectivity index (χ1n) is 11.5. The number of aryl methyl sites for hydroxylation is 2. The van der Waals surface area contributed by atoms with Gasteiger partial charge in [-0.05, 0) is 47.4 Å². The van der Waals surface area contributed by atoms with Gasteiger partial charge in [-0.25, -0.2) is 4.68 Å². The molecule has 0 aliphatic carbocycles. The van der Waals surface area contributed by atoms with Crippen molar-refractivity contribution < 1.29 is 9.59 Å². The molecule has 2 amide bonds. The summed E-state index contributed by atoms with van der Waals surface area (Å²) in [4.78, 5) is 30.0. The standard InChI is InChI=1S/C25H30N6O2/c1-3-29-14-15-30(24(32)12-13-31-18-26-27-28-31)17-22(25(29)33)16-21-6-4-5-7-23(21)20-10-8-19(2)9-11-20/h4-11,18,22H,3,12-17H2,1-2H3/t22-/m1/s1. The largest absolute Gasteiger partial charge is 0.341 e. The van der Waals surface area contributed by atoms with Crippen LogP contribution >= 0.6 is 0 Å². The summed E-state index contributed by atoms with van der Waals surface area (Å²) in [6.45, 7) is 6.66. The van der Waals surface area contributed by atoms with E-state index in [4.69, 9.17) is 0 Å². The van der Waals surface area contributed by atoms with Crippen LogP contribution in [0.3, 0.4) is 0 Å². The predicted molar refractivity (Wildman–Crippen MR) is 125 cm³/mol. The number of aromatic nitrogens is 4. The van der Waals surface area contributed by atoms with E-state index in [-0.39, 0.29) is 17.7 Å². The molecule has 0 radical (unpaired) electrons. The third-order valence-electron chi connectivity index (χ3n) is 6.27. The van der Waals surface area contributed by atoms with E-state index in [2.05, 4.69) is 58.8 Å². The van der Waals surface area contributed by atoms with E-state index in [0.717, 1.165) is 16.7 Å². The molecule has 33 heavy (non-hydrogen) atoms. The minimum absolute atomic E-state index is 0.0214. The Morgan fingerprint density at radius 3 is 2.61 bits per heavy atom. The molecule has 0 bridgehead atoms. The number of amides is 2. The average Bonchev–Trinajstić information content (AvgIpc) is 3.30. The molecule has 1 fully saturated rings. The minimum atomic E-state index is -0.281. The first kappa shape index (κ1) is 22.6. The van der Waals surface area contributed by atoms with Gasteiger partial charge in [0.1, 0.15) is 6.33 Å². The van der Waals surface area contributed by atoms with Crippen molar-refractivity contribution in [1.82, 2.24) is 30.0 Å². The summed E-state index contributed by atoms with van der Waals surface area (Å²) in [5.74, 6) is -0.143. The molecule has 1 aromatic heterocycles. The number of benzene rings is 2. The van der Waals surface area contributed by atoms with Gasteiger partial charge in [-0.3, -0.25) is 9.59 Å². The van der Waals surface area contributed by atoms with Crippen molar-refractivity contribution in [2.45, 2.75) is 33.2 Å². The highest BCUT2D eigenvalue weighted by Crippen LogP contribution is 2.27. The number of rotatable bonds is 7. The predicted octanol–water partition coefficient (Wildman–Crippen LogP) is 2.59. The van der Waals surface area contributed by atoms with E-state index in [9.17, 15) is 9.59 Å². The molecular formula is C25H30N6O2. The second kappa shape index (κ2) is 10.4. The van der Waals surface area contributed by atoms with Gasteiger partial charge in [-0.15, -0.1) is 5.10 Å². The van der Waals surface area contributed by atoms with Gasteiger partial charge in [-0.1, -0.05) is 54.1 Å². The number of hydrogen-bond acceptors (Lipinski definition) is 5. The number of nitrogens with zero attached hydrogens (tertiary/aromatic N) is 6. The lowest BCUT2D eigenvalue weighted by Gasteiger charge is -2.24. The molecule has 1 aliphatic rings. The number of carbonyl (C=O) groups excluding carboxylic acids is 2. The molecule has 2 aromatic carbocycles. The van der Waals surface area contributed by atoms with Crippen LogP contribution in [0.1, 0.15) is 24.5 Å². The van der Waals surface area contributed by atoms with Crippen LogP contribution in [0.2, 0.25) is 0 Å². The molecule has 1 aliphatic heterocycles. The van der Waals surface area contributed by atoms with Gasteiger partial charge >= 0.3 is 0 Å². The molecule has 8 nitrogen and oxygen atoms in total. The quantitative estimate of drug-likeness (QED) is 0.557. The SMILES string of the molecule is CCN1CCN(C(=O)CCn2cnnn2)C[C@@H](Cc2ccccc2-c2ccc(C)cc2)C1=O. The van der Waals surface area contributed by atoms with Crippen LogP contribution in [0.15, 0.2) is 54.9 Å². The molecule has 0 N–H and O–H groups in total. The van der Waals surface area contributed by atoms with Crippen LogP contribution in [-0.2, 0) is 22.6 Å². The van der Waals surface area contributed by atoms with Crippen molar-refractivity contribution >= 4 is 11.8 Å². The van der Waals surface area contributed by atoms with Crippen molar-refractivity contribution in [3.8, 4) is 11.1 Å². The average molecular weight is 447 g/mol. The summed E-state index contributed by atoms with van der Waals surface area (Å²) < 4.78 is 1.55. The Kier molecular flexibility index (Phi) is 7.12. The van der Waals surface area contributed by atoms with Crippen LogP contribution in [0.5, 0.6) is 0 Å². The summed E-state index contributed by atoms with van der Waals surface area (Å²) in [5.41, 5.74) is 4.61. The van der Waals surface area contributed by atoms with Gasteiger partial charge in [-0.2, -0.15) is 0 Å². The molecule has 0 spiro atoms. The Hall–Kier alpha value is -3.55. The van der Waals surface area contributed by atoms with E-state index < -0.39 is 0 Å². The maximum Gasteiger partial charge on any atom is 0.227 e. The smallest absolute Gasteiger partial charge is 0.227 e. The van der Waals surface area contributed by atoms with Gasteiger partial charge in [0.25, 0.3) is 0 Å². The Bertz CT molecular complexity index is 1080. The van der Waals surface area contributed by atoms with Crippen molar-refractivity contribution in [3.05, 3.63) is 66.0 Å². The highest BCUT2D eigenvalue weighted by molar-refractivity contribution is 5.83. The molecule has 0 unspecified atom stereocenters. The summed E-state index contributed by atoms with van der Waals surface area (Å²) in [6.07, 6.45) is 2.40. The maximum atomic E-state index is 13.3. The normalized spacial score (nSPS) is 16.7. The first-order valence-corrected chi connectivity index (χ1v) is 11.5. The Balaban J connectivity index is 1.54. The lowest BCUT2D eigenvalue weighted by molar-refractivity contribution is -0.134. The monoisotopic (exact) mass is 446 g/mol. The second-order valence-electron chi connectivity index (χ2n) is 8.50. The van der Waals surface area contributed by atoms with Gasteiger partial charge < -0.3 is 9.80 Å². The zero-order valence-electron chi connectivity index (χ0n) is 19.2. The van der Waals surface area contributed by atoms with Gasteiger partial charge in [0.2, 0.25) is 11.8 Å². The zero-order chi connectivity index (χ0) is 23.2. The number of tetrazole rings is 1. The molecule has 1 atom stereocenters. The molecular weight excluding hydrogens is 416 g/mol. The third kappa shape index (κ3) is 5.45. The van der Waals surface area contributed by atoms with Crippen LogP contribution in [0, 0.1) is 12.8 Å². The molecule has 2 heterocycles. The summed E-state index contributed by atoms with van der Waals surface area (Å²) in [7, 11) is 0. The molecule has 3 aromatic rings. The molecule has 172 valence electrons. The van der Waals surface area contributed by atoms with E-state index >= 15 is 0 Å². The van der Waals surface area contributed by atoms with Crippen LogP contribution in [0.4, 0.5) is 0 Å². The van der Waals surface area contributed by atoms with Crippen molar-refractivity contribution in [1.29, 1.82) is 0 Å². The van der Waals surface area contributed by atoms with Crippen molar-refractivity contribution in [2.24, 2.45) is 5.92 Å². The van der Waals surface area contributed by atoms with Crippen LogP contribution in [0.25, 0.3) is 11.1 Å². The molecule has 0 saturated carbocycles. The Morgan fingerprint density at radius 2 is 1.88 bits per heavy atom. The lowest BCUT2D eigenvalue weighted by atomic mass is 9.91. The van der Waals surface area contributed by atoms with E-state index in [1.54, 1.807) is 4.68 Å². The summed E-state index contributed by atoms with van der Waals surface area (Å²) in [5, 5.41) is 11.0. The number of carbonyl (C=O) groups is 2. The zero-order valence-corrected chi connectivity index (χ0v) is 19.2. The van der Waals surface area contributed by atoms with Gasteiger partial charge in [0.15, 0.2) is 0 Å². The third-order valence-corrected chi connectivity index (χ3v) is 6.27. The van der Waals surface area contributed by atoms with E-state index in [1.807, 2.05) is 28.9 Å². The highest BCUT2D eigenvalue weighted by Gasteiger charge is 2.32. The maximum absolute atomic E-state index is 13.3. The van der Waals surface area contributed by atoms with Crippen LogP contribution < -0.4 is 0 Å². The number of hydrogen-bond donors (Lipinski definition) is 0. The minimum Gasteiger partial charge on any atom is -0.341 e. The molecule has 4 rings (SSSR count). The second-order valence-corrected chi connectivity index (χ2v) is 8.50. The lowest BCUT2D eigenvalue weighted by Crippen LogP contribution is -2.38. The van der Waals surface area contributed by atoms with Crippen LogP contribution in [-0.4, -0.2) is 68.0 Å². The number of likely N-dealkylation sites (N-methyl/N-ethyl adjacent to an activating group) is 1. The summed E-state index contributed by atoms with van der Waals surface area (Å²) >= 11 is 0. The first-order chi connectivity index (χ1) is 16.0. The molecule has 1 saturated heterocycles. The Labute approximate surface area is 194 Å². The fourth-order valence-electron chi connectivity index (χ4n) is 4.37.